The average Bonchev–Trinajstić information content (AvgIpc) is 2.86. The number of nitrogens with zero attached hydrogens (tertiary/aromatic N) is 1. The number of aromatic nitrogens is 1. The minimum Gasteiger partial charge on any atom is -0.486 e. The quantitative estimate of drug-likeness (QED) is 0.866. The summed E-state index contributed by atoms with van der Waals surface area (Å²) in [6.07, 6.45) is 0. The van der Waals surface area contributed by atoms with Gasteiger partial charge >= 0.3 is 0 Å². The third kappa shape index (κ3) is 4.02. The molecule has 0 spiro atoms. The zero-order valence-corrected chi connectivity index (χ0v) is 14.4. The van der Waals surface area contributed by atoms with Crippen molar-refractivity contribution in [2.75, 3.05) is 0 Å². The molecule has 0 radical (unpaired) electrons. The fourth-order valence-electron chi connectivity index (χ4n) is 1.77. The van der Waals surface area contributed by atoms with Crippen molar-refractivity contribution < 1.29 is 4.74 Å². The van der Waals surface area contributed by atoms with Gasteiger partial charge in [-0.25, -0.2) is 4.98 Å². The van der Waals surface area contributed by atoms with Gasteiger partial charge in [-0.2, -0.15) is 0 Å². The SMILES string of the molecule is Cc1ccc(C(N)=S)cc1OCc1nc(C(C)(C)C)cs1. The van der Waals surface area contributed by atoms with Crippen LogP contribution in [0.1, 0.15) is 42.6 Å². The molecule has 0 unspecified atom stereocenters. The number of hydrogen-bond acceptors (Lipinski definition) is 4. The van der Waals surface area contributed by atoms with Crippen molar-refractivity contribution >= 4 is 28.5 Å². The Kier molecular flexibility index (Phi) is 4.64. The van der Waals surface area contributed by atoms with E-state index in [0.29, 0.717) is 11.6 Å². The summed E-state index contributed by atoms with van der Waals surface area (Å²) in [7, 11) is 0. The van der Waals surface area contributed by atoms with Gasteiger partial charge in [-0.3, -0.25) is 0 Å². The predicted molar refractivity (Wildman–Crippen MR) is 92.2 cm³/mol. The lowest BCUT2D eigenvalue weighted by Crippen LogP contribution is -2.12. The van der Waals surface area contributed by atoms with E-state index in [0.717, 1.165) is 27.6 Å². The smallest absolute Gasteiger partial charge is 0.140 e. The molecule has 0 bridgehead atoms. The molecule has 3 nitrogen and oxygen atoms in total. The fraction of sp³-hybridized carbons (Fsp3) is 0.375. The highest BCUT2D eigenvalue weighted by Crippen LogP contribution is 2.25. The Morgan fingerprint density at radius 2 is 2.10 bits per heavy atom. The molecule has 2 rings (SSSR count). The molecule has 21 heavy (non-hydrogen) atoms. The third-order valence-corrected chi connectivity index (χ3v) is 4.20. The maximum Gasteiger partial charge on any atom is 0.140 e. The van der Waals surface area contributed by atoms with Gasteiger partial charge in [-0.05, 0) is 18.6 Å². The average molecular weight is 320 g/mol. The minimum absolute atomic E-state index is 0.0658. The second-order valence-electron chi connectivity index (χ2n) is 6.01. The van der Waals surface area contributed by atoms with Crippen molar-refractivity contribution in [1.82, 2.24) is 4.98 Å². The van der Waals surface area contributed by atoms with E-state index >= 15 is 0 Å². The summed E-state index contributed by atoms with van der Waals surface area (Å²) in [6, 6.07) is 5.76. The van der Waals surface area contributed by atoms with E-state index < -0.39 is 0 Å². The Bertz CT molecular complexity index is 657. The molecule has 0 fully saturated rings. The van der Waals surface area contributed by atoms with Gasteiger partial charge < -0.3 is 10.5 Å². The first kappa shape index (κ1) is 15.9. The molecule has 5 heteroatoms. The van der Waals surface area contributed by atoms with E-state index in [1.54, 1.807) is 11.3 Å². The van der Waals surface area contributed by atoms with E-state index in [9.17, 15) is 0 Å². The highest BCUT2D eigenvalue weighted by molar-refractivity contribution is 7.80. The molecule has 1 heterocycles. The summed E-state index contributed by atoms with van der Waals surface area (Å²) in [5, 5.41) is 3.07. The molecule has 0 amide bonds. The lowest BCUT2D eigenvalue weighted by Gasteiger charge is -2.14. The molecule has 0 saturated carbocycles. The van der Waals surface area contributed by atoms with Crippen molar-refractivity contribution in [2.45, 2.75) is 39.7 Å². The minimum atomic E-state index is 0.0658. The summed E-state index contributed by atoms with van der Waals surface area (Å²) in [5.41, 5.74) is 8.70. The van der Waals surface area contributed by atoms with E-state index in [2.05, 4.69) is 31.1 Å². The number of hydrogen-bond donors (Lipinski definition) is 1. The van der Waals surface area contributed by atoms with E-state index in [4.69, 9.17) is 22.7 Å². The molecule has 0 saturated heterocycles. The van der Waals surface area contributed by atoms with Gasteiger partial charge in [0.15, 0.2) is 0 Å². The van der Waals surface area contributed by atoms with Crippen LogP contribution in [0, 0.1) is 6.92 Å². The predicted octanol–water partition coefficient (Wildman–Crippen LogP) is 3.96. The summed E-state index contributed by atoms with van der Waals surface area (Å²) < 4.78 is 5.87. The molecule has 2 aromatic rings. The Balaban J connectivity index is 2.11. The number of thiocarbonyl (C=S) groups is 1. The van der Waals surface area contributed by atoms with Gasteiger partial charge in [-0.1, -0.05) is 45.1 Å². The van der Waals surface area contributed by atoms with Crippen LogP contribution in [0.4, 0.5) is 0 Å². The number of aryl methyl sites for hydroxylation is 1. The molecule has 1 aromatic carbocycles. The summed E-state index contributed by atoms with van der Waals surface area (Å²) in [6.45, 7) is 8.93. The summed E-state index contributed by atoms with van der Waals surface area (Å²) >= 11 is 6.62. The van der Waals surface area contributed by atoms with Crippen molar-refractivity contribution in [2.24, 2.45) is 5.73 Å². The van der Waals surface area contributed by atoms with Crippen molar-refractivity contribution in [3.8, 4) is 5.75 Å². The van der Waals surface area contributed by atoms with Gasteiger partial charge in [0.1, 0.15) is 22.4 Å². The molecule has 0 aliphatic heterocycles. The first-order valence-electron chi connectivity index (χ1n) is 6.75. The van der Waals surface area contributed by atoms with Crippen LogP contribution < -0.4 is 10.5 Å². The Morgan fingerprint density at radius 1 is 1.38 bits per heavy atom. The maximum atomic E-state index is 5.87. The van der Waals surface area contributed by atoms with Crippen LogP contribution in [0.2, 0.25) is 0 Å². The van der Waals surface area contributed by atoms with Crippen LogP contribution in [0.3, 0.4) is 0 Å². The molecule has 0 aliphatic carbocycles. The maximum absolute atomic E-state index is 5.87. The van der Waals surface area contributed by atoms with Crippen LogP contribution in [0.25, 0.3) is 0 Å². The number of ether oxygens (including phenoxy) is 1. The number of thiazole rings is 1. The lowest BCUT2D eigenvalue weighted by molar-refractivity contribution is 0.302. The first-order valence-corrected chi connectivity index (χ1v) is 8.04. The molecule has 112 valence electrons. The number of benzene rings is 1. The normalized spacial score (nSPS) is 11.4. The largest absolute Gasteiger partial charge is 0.486 e. The number of nitrogens with two attached hydrogens (primary N) is 1. The van der Waals surface area contributed by atoms with Gasteiger partial charge in [0, 0.05) is 16.4 Å². The molecular formula is C16H20N2OS2. The van der Waals surface area contributed by atoms with Gasteiger partial charge in [0.2, 0.25) is 0 Å². The lowest BCUT2D eigenvalue weighted by atomic mass is 9.93. The van der Waals surface area contributed by atoms with Crippen LogP contribution in [0.15, 0.2) is 23.6 Å². The van der Waals surface area contributed by atoms with Gasteiger partial charge in [-0.15, -0.1) is 11.3 Å². The van der Waals surface area contributed by atoms with Crippen LogP contribution >= 0.6 is 23.6 Å². The van der Waals surface area contributed by atoms with Crippen molar-refractivity contribution in [3.63, 3.8) is 0 Å². The fourth-order valence-corrected chi connectivity index (χ4v) is 2.83. The molecular weight excluding hydrogens is 300 g/mol. The Labute approximate surface area is 135 Å². The van der Waals surface area contributed by atoms with E-state index in [-0.39, 0.29) is 5.41 Å². The van der Waals surface area contributed by atoms with Crippen molar-refractivity contribution in [3.05, 3.63) is 45.4 Å². The Morgan fingerprint density at radius 3 is 2.67 bits per heavy atom. The van der Waals surface area contributed by atoms with Crippen LogP contribution in [-0.4, -0.2) is 9.97 Å². The second-order valence-corrected chi connectivity index (χ2v) is 7.39. The van der Waals surface area contributed by atoms with Gasteiger partial charge in [0.25, 0.3) is 0 Å². The van der Waals surface area contributed by atoms with E-state index in [1.807, 2.05) is 25.1 Å². The van der Waals surface area contributed by atoms with E-state index in [1.165, 1.54) is 0 Å². The standard InChI is InChI=1S/C16H20N2OS2/c1-10-5-6-11(15(17)20)7-12(10)19-8-14-18-13(9-21-14)16(2,3)4/h5-7,9H,8H2,1-4H3,(H2,17,20). The molecule has 0 atom stereocenters. The molecule has 1 aromatic heterocycles. The summed E-state index contributed by atoms with van der Waals surface area (Å²) in [4.78, 5) is 5.01. The second kappa shape index (κ2) is 6.12. The van der Waals surface area contributed by atoms with Crippen molar-refractivity contribution in [1.29, 1.82) is 0 Å². The first-order chi connectivity index (χ1) is 9.77. The zero-order valence-electron chi connectivity index (χ0n) is 12.8. The third-order valence-electron chi connectivity index (χ3n) is 3.14. The van der Waals surface area contributed by atoms with Crippen LogP contribution in [0.5, 0.6) is 5.75 Å². The molecule has 0 aliphatic rings. The summed E-state index contributed by atoms with van der Waals surface area (Å²) in [5.74, 6) is 0.799. The highest BCUT2D eigenvalue weighted by Gasteiger charge is 2.17. The van der Waals surface area contributed by atoms with Crippen LogP contribution in [-0.2, 0) is 12.0 Å². The highest BCUT2D eigenvalue weighted by atomic mass is 32.1. The zero-order chi connectivity index (χ0) is 15.6. The van der Waals surface area contributed by atoms with Gasteiger partial charge in [0.05, 0.1) is 5.69 Å². The topological polar surface area (TPSA) is 48.1 Å². The number of rotatable bonds is 4. The Hall–Kier alpha value is -1.46. The molecule has 2 N–H and O–H groups in total. The monoisotopic (exact) mass is 320 g/mol.